The zero-order chi connectivity index (χ0) is 13.0. The fraction of sp³-hybridized carbons (Fsp3) is 0.500. The second-order valence-corrected chi connectivity index (χ2v) is 4.75. The Morgan fingerprint density at radius 1 is 1.61 bits per heavy atom. The van der Waals surface area contributed by atoms with Gasteiger partial charge in [0.2, 0.25) is 0 Å². The highest BCUT2D eigenvalue weighted by atomic mass is 35.5. The molecular formula is C12H16ClN3O2. The van der Waals surface area contributed by atoms with Crippen LogP contribution in [-0.4, -0.2) is 28.8 Å². The minimum atomic E-state index is -0.310. The highest BCUT2D eigenvalue weighted by Gasteiger charge is 2.31. The van der Waals surface area contributed by atoms with Gasteiger partial charge in [-0.1, -0.05) is 11.6 Å². The van der Waals surface area contributed by atoms with Gasteiger partial charge >= 0.3 is 6.03 Å². The highest BCUT2D eigenvalue weighted by molar-refractivity contribution is 6.32. The summed E-state index contributed by atoms with van der Waals surface area (Å²) in [5.41, 5.74) is 0.482. The monoisotopic (exact) mass is 269 g/mol. The highest BCUT2D eigenvalue weighted by Crippen LogP contribution is 2.33. The van der Waals surface area contributed by atoms with Crippen LogP contribution in [0.1, 0.15) is 19.3 Å². The van der Waals surface area contributed by atoms with Gasteiger partial charge in [-0.05, 0) is 37.3 Å². The minimum absolute atomic E-state index is 0.0328. The van der Waals surface area contributed by atoms with Crippen LogP contribution in [0.3, 0.4) is 0 Å². The zero-order valence-electron chi connectivity index (χ0n) is 9.90. The van der Waals surface area contributed by atoms with E-state index < -0.39 is 0 Å². The molecule has 0 aromatic carbocycles. The second kappa shape index (κ2) is 6.02. The Hall–Kier alpha value is -1.33. The van der Waals surface area contributed by atoms with Gasteiger partial charge in [-0.2, -0.15) is 0 Å². The van der Waals surface area contributed by atoms with Crippen LogP contribution >= 0.6 is 11.6 Å². The number of aliphatic hydroxyl groups is 1. The van der Waals surface area contributed by atoms with Crippen LogP contribution in [0.5, 0.6) is 0 Å². The molecule has 6 heteroatoms. The number of nitrogens with one attached hydrogen (secondary N) is 2. The van der Waals surface area contributed by atoms with Crippen LogP contribution in [0, 0.1) is 5.92 Å². The molecule has 2 rings (SSSR count). The summed E-state index contributed by atoms with van der Waals surface area (Å²) in [5.74, 6) is 0.493. The number of anilines is 1. The van der Waals surface area contributed by atoms with Crippen molar-refractivity contribution in [2.24, 2.45) is 5.92 Å². The molecule has 1 aliphatic carbocycles. The van der Waals surface area contributed by atoms with Crippen LogP contribution in [0.2, 0.25) is 5.15 Å². The van der Waals surface area contributed by atoms with Crippen molar-refractivity contribution < 1.29 is 9.90 Å². The van der Waals surface area contributed by atoms with E-state index in [2.05, 4.69) is 15.6 Å². The lowest BCUT2D eigenvalue weighted by Crippen LogP contribution is -2.40. The van der Waals surface area contributed by atoms with E-state index in [9.17, 15) is 4.79 Å². The largest absolute Gasteiger partial charge is 0.396 e. The Balaban J connectivity index is 1.89. The Morgan fingerprint density at radius 2 is 2.39 bits per heavy atom. The molecule has 0 saturated heterocycles. The third-order valence-corrected chi connectivity index (χ3v) is 3.26. The smallest absolute Gasteiger partial charge is 0.319 e. The molecule has 1 aromatic heterocycles. The first kappa shape index (κ1) is 13.1. The molecule has 1 atom stereocenters. The van der Waals surface area contributed by atoms with E-state index >= 15 is 0 Å². The van der Waals surface area contributed by atoms with Crippen molar-refractivity contribution in [3.8, 4) is 0 Å². The average molecular weight is 270 g/mol. The van der Waals surface area contributed by atoms with Gasteiger partial charge in [0.05, 0.1) is 5.69 Å². The fourth-order valence-electron chi connectivity index (χ4n) is 1.87. The summed E-state index contributed by atoms with van der Waals surface area (Å²) < 4.78 is 0. The van der Waals surface area contributed by atoms with Gasteiger partial charge in [0.25, 0.3) is 0 Å². The van der Waals surface area contributed by atoms with E-state index in [1.54, 1.807) is 18.3 Å². The summed E-state index contributed by atoms with van der Waals surface area (Å²) in [6.45, 7) is 0.0785. The zero-order valence-corrected chi connectivity index (χ0v) is 10.7. The van der Waals surface area contributed by atoms with E-state index in [1.807, 2.05) is 0 Å². The van der Waals surface area contributed by atoms with Crippen molar-refractivity contribution in [3.63, 3.8) is 0 Å². The molecule has 1 fully saturated rings. The number of nitrogens with zero attached hydrogens (tertiary/aromatic N) is 1. The van der Waals surface area contributed by atoms with Crippen LogP contribution in [0.4, 0.5) is 10.5 Å². The normalized spacial score (nSPS) is 16.1. The first-order valence-corrected chi connectivity index (χ1v) is 6.37. The van der Waals surface area contributed by atoms with Gasteiger partial charge in [-0.3, -0.25) is 0 Å². The molecule has 0 bridgehead atoms. The summed E-state index contributed by atoms with van der Waals surface area (Å²) >= 11 is 5.85. The van der Waals surface area contributed by atoms with Crippen molar-refractivity contribution in [1.29, 1.82) is 0 Å². The number of carbonyl (C=O) groups excluding carboxylic acids is 1. The molecule has 0 radical (unpaired) electrons. The maximum atomic E-state index is 11.8. The summed E-state index contributed by atoms with van der Waals surface area (Å²) in [6.07, 6.45) is 4.36. The van der Waals surface area contributed by atoms with E-state index in [0.29, 0.717) is 18.0 Å². The van der Waals surface area contributed by atoms with Gasteiger partial charge in [-0.25, -0.2) is 9.78 Å². The quantitative estimate of drug-likeness (QED) is 0.716. The van der Waals surface area contributed by atoms with Crippen LogP contribution < -0.4 is 10.6 Å². The third-order valence-electron chi connectivity index (χ3n) is 2.95. The number of halogens is 1. The minimum Gasteiger partial charge on any atom is -0.396 e. The second-order valence-electron chi connectivity index (χ2n) is 4.40. The van der Waals surface area contributed by atoms with Crippen LogP contribution in [0.15, 0.2) is 18.3 Å². The fourth-order valence-corrected chi connectivity index (χ4v) is 2.04. The molecule has 5 nitrogen and oxygen atoms in total. The van der Waals surface area contributed by atoms with E-state index in [0.717, 1.165) is 12.8 Å². The Kier molecular flexibility index (Phi) is 4.38. The molecular weight excluding hydrogens is 254 g/mol. The first-order valence-electron chi connectivity index (χ1n) is 5.99. The lowest BCUT2D eigenvalue weighted by atomic mass is 10.1. The molecule has 1 aromatic rings. The van der Waals surface area contributed by atoms with Gasteiger partial charge < -0.3 is 15.7 Å². The van der Waals surface area contributed by atoms with Gasteiger partial charge in [0, 0.05) is 18.8 Å². The topological polar surface area (TPSA) is 74.2 Å². The average Bonchev–Trinajstić information content (AvgIpc) is 3.16. The number of amides is 2. The number of aromatic nitrogens is 1. The third kappa shape index (κ3) is 3.58. The standard InChI is InChI=1S/C12H16ClN3O2/c13-11-10(2-1-6-14-11)16-12(18)15-9(5-7-17)8-3-4-8/h1-2,6,8-9,17H,3-5,7H2,(H2,15,16,18). The summed E-state index contributed by atoms with van der Waals surface area (Å²) in [5, 5.41) is 14.7. The molecule has 18 heavy (non-hydrogen) atoms. The number of hydrogen-bond acceptors (Lipinski definition) is 3. The van der Waals surface area contributed by atoms with Crippen LogP contribution in [-0.2, 0) is 0 Å². The summed E-state index contributed by atoms with van der Waals surface area (Å²) in [7, 11) is 0. The molecule has 0 aliphatic heterocycles. The van der Waals surface area contributed by atoms with Gasteiger partial charge in [0.15, 0.2) is 5.15 Å². The van der Waals surface area contributed by atoms with Crippen molar-refractivity contribution in [1.82, 2.24) is 10.3 Å². The van der Waals surface area contributed by atoms with E-state index in [1.165, 1.54) is 0 Å². The molecule has 1 aliphatic rings. The first-order chi connectivity index (χ1) is 8.70. The van der Waals surface area contributed by atoms with Gasteiger partial charge in [-0.15, -0.1) is 0 Å². The summed E-state index contributed by atoms with van der Waals surface area (Å²) in [6, 6.07) is 3.11. The van der Waals surface area contributed by atoms with Crippen molar-refractivity contribution in [2.45, 2.75) is 25.3 Å². The van der Waals surface area contributed by atoms with Crippen molar-refractivity contribution >= 4 is 23.3 Å². The van der Waals surface area contributed by atoms with Crippen molar-refractivity contribution in [2.75, 3.05) is 11.9 Å². The number of hydrogen-bond donors (Lipinski definition) is 3. The van der Waals surface area contributed by atoms with Crippen molar-refractivity contribution in [3.05, 3.63) is 23.5 Å². The Bertz CT molecular complexity index is 424. The predicted molar refractivity (Wildman–Crippen MR) is 69.6 cm³/mol. The van der Waals surface area contributed by atoms with E-state index in [4.69, 9.17) is 16.7 Å². The molecule has 1 unspecified atom stereocenters. The molecule has 1 heterocycles. The van der Waals surface area contributed by atoms with Crippen LogP contribution in [0.25, 0.3) is 0 Å². The lowest BCUT2D eigenvalue weighted by molar-refractivity contribution is 0.234. The number of urea groups is 1. The predicted octanol–water partition coefficient (Wildman–Crippen LogP) is 2.02. The molecule has 0 spiro atoms. The molecule has 2 amide bonds. The summed E-state index contributed by atoms with van der Waals surface area (Å²) in [4.78, 5) is 15.7. The number of rotatable bonds is 5. The molecule has 98 valence electrons. The maximum Gasteiger partial charge on any atom is 0.319 e. The number of aliphatic hydroxyl groups excluding tert-OH is 1. The maximum absolute atomic E-state index is 11.8. The lowest BCUT2D eigenvalue weighted by Gasteiger charge is -2.17. The Labute approximate surface area is 111 Å². The SMILES string of the molecule is O=C(Nc1cccnc1Cl)NC(CCO)C1CC1. The number of carbonyl (C=O) groups is 1. The Morgan fingerprint density at radius 3 is 3.00 bits per heavy atom. The molecule has 1 saturated carbocycles. The number of pyridine rings is 1. The molecule has 3 N–H and O–H groups in total. The van der Waals surface area contributed by atoms with Gasteiger partial charge in [0.1, 0.15) is 0 Å². The van der Waals surface area contributed by atoms with E-state index in [-0.39, 0.29) is 23.8 Å².